The number of ether oxygens (including phenoxy) is 1. The van der Waals surface area contributed by atoms with Crippen LogP contribution in [0.4, 0.5) is 14.6 Å². The summed E-state index contributed by atoms with van der Waals surface area (Å²) in [6.45, 7) is 1.61. The topological polar surface area (TPSA) is 42.4 Å². The van der Waals surface area contributed by atoms with Gasteiger partial charge in [-0.15, -0.1) is 0 Å². The maximum atomic E-state index is 14.3. The lowest BCUT2D eigenvalue weighted by atomic mass is 10.1. The van der Waals surface area contributed by atoms with Crippen LogP contribution < -0.4 is 9.64 Å². The van der Waals surface area contributed by atoms with Crippen LogP contribution in [0.15, 0.2) is 66.9 Å². The van der Waals surface area contributed by atoms with E-state index in [0.717, 1.165) is 0 Å². The quantitative estimate of drug-likeness (QED) is 0.517. The van der Waals surface area contributed by atoms with Crippen LogP contribution in [0.25, 0.3) is 0 Å². The summed E-state index contributed by atoms with van der Waals surface area (Å²) in [5, 5.41) is 0.196. The minimum absolute atomic E-state index is 0.0300. The van der Waals surface area contributed by atoms with Crippen LogP contribution in [0.3, 0.4) is 0 Å². The average molecular weight is 417 g/mol. The molecule has 4 nitrogen and oxygen atoms in total. The first-order chi connectivity index (χ1) is 14.0. The molecule has 29 heavy (non-hydrogen) atoms. The summed E-state index contributed by atoms with van der Waals surface area (Å²) in [6.07, 6.45) is 0.818. The first-order valence-corrected chi connectivity index (χ1v) is 9.45. The maximum absolute atomic E-state index is 14.3. The van der Waals surface area contributed by atoms with E-state index >= 15 is 0 Å². The standard InChI is InChI=1S/C22H19ClF2N2O2/c1-2-19(29-20-11-4-3-9-18(20)25)22(28)27(21-12-5-6-13-26-21)14-15-16(23)8-7-10-17(15)24/h3-13,19H,2,14H2,1H3/t19-/m1/s1. The molecular formula is C22H19ClF2N2O2. The number of pyridine rings is 1. The van der Waals surface area contributed by atoms with Gasteiger partial charge in [-0.05, 0) is 42.8 Å². The van der Waals surface area contributed by atoms with Gasteiger partial charge >= 0.3 is 0 Å². The molecule has 0 aliphatic heterocycles. The third-order valence-corrected chi connectivity index (χ3v) is 4.68. The molecule has 1 aromatic heterocycles. The Balaban J connectivity index is 1.94. The summed E-state index contributed by atoms with van der Waals surface area (Å²) in [7, 11) is 0. The fourth-order valence-corrected chi connectivity index (χ4v) is 3.03. The van der Waals surface area contributed by atoms with Crippen LogP contribution in [0.5, 0.6) is 5.75 Å². The number of rotatable bonds is 7. The van der Waals surface area contributed by atoms with Crippen molar-refractivity contribution in [3.8, 4) is 5.75 Å². The fraction of sp³-hybridized carbons (Fsp3) is 0.182. The number of halogens is 3. The second-order valence-corrected chi connectivity index (χ2v) is 6.66. The number of benzene rings is 2. The van der Waals surface area contributed by atoms with Gasteiger partial charge in [0.1, 0.15) is 11.6 Å². The van der Waals surface area contributed by atoms with E-state index in [2.05, 4.69) is 4.98 Å². The molecule has 1 amide bonds. The fourth-order valence-electron chi connectivity index (χ4n) is 2.80. The molecular weight excluding hydrogens is 398 g/mol. The lowest BCUT2D eigenvalue weighted by molar-refractivity contribution is -0.125. The molecule has 1 atom stereocenters. The predicted octanol–water partition coefficient (Wildman–Crippen LogP) is 5.40. The van der Waals surface area contributed by atoms with E-state index < -0.39 is 23.6 Å². The molecule has 0 bridgehead atoms. The van der Waals surface area contributed by atoms with E-state index in [4.69, 9.17) is 16.3 Å². The largest absolute Gasteiger partial charge is 0.478 e. The Labute approximate surface area is 172 Å². The monoisotopic (exact) mass is 416 g/mol. The van der Waals surface area contributed by atoms with Crippen molar-refractivity contribution in [2.45, 2.75) is 26.0 Å². The van der Waals surface area contributed by atoms with Crippen molar-refractivity contribution >= 4 is 23.3 Å². The molecule has 0 fully saturated rings. The van der Waals surface area contributed by atoms with Crippen molar-refractivity contribution in [2.75, 3.05) is 4.90 Å². The van der Waals surface area contributed by atoms with Crippen LogP contribution in [-0.4, -0.2) is 17.0 Å². The number of carbonyl (C=O) groups is 1. The van der Waals surface area contributed by atoms with Gasteiger partial charge in [0.2, 0.25) is 0 Å². The molecule has 1 heterocycles. The van der Waals surface area contributed by atoms with Crippen LogP contribution in [0.2, 0.25) is 5.02 Å². The van der Waals surface area contributed by atoms with Gasteiger partial charge in [-0.25, -0.2) is 13.8 Å². The summed E-state index contributed by atoms with van der Waals surface area (Å²) in [6, 6.07) is 15.2. The smallest absolute Gasteiger partial charge is 0.269 e. The molecule has 0 saturated heterocycles. The second-order valence-electron chi connectivity index (χ2n) is 6.26. The van der Waals surface area contributed by atoms with E-state index in [1.807, 2.05) is 0 Å². The Hall–Kier alpha value is -2.99. The van der Waals surface area contributed by atoms with Crippen molar-refractivity contribution in [1.29, 1.82) is 0 Å². The second kappa shape index (κ2) is 9.47. The highest BCUT2D eigenvalue weighted by Crippen LogP contribution is 2.25. The first kappa shape index (κ1) is 20.7. The molecule has 0 radical (unpaired) electrons. The van der Waals surface area contributed by atoms with Crippen molar-refractivity contribution in [3.05, 3.63) is 89.1 Å². The predicted molar refractivity (Wildman–Crippen MR) is 108 cm³/mol. The molecule has 0 saturated carbocycles. The van der Waals surface area contributed by atoms with E-state index in [9.17, 15) is 13.6 Å². The number of amides is 1. The van der Waals surface area contributed by atoms with Gasteiger partial charge in [0.15, 0.2) is 17.7 Å². The lowest BCUT2D eigenvalue weighted by Gasteiger charge is -2.27. The van der Waals surface area contributed by atoms with Gasteiger partial charge in [0, 0.05) is 16.8 Å². The van der Waals surface area contributed by atoms with E-state index in [1.165, 1.54) is 41.4 Å². The molecule has 0 N–H and O–H groups in total. The zero-order chi connectivity index (χ0) is 20.8. The molecule has 0 aliphatic carbocycles. The first-order valence-electron chi connectivity index (χ1n) is 9.07. The number of hydrogen-bond acceptors (Lipinski definition) is 3. The number of hydrogen-bond donors (Lipinski definition) is 0. The van der Waals surface area contributed by atoms with Crippen molar-refractivity contribution < 1.29 is 18.3 Å². The highest BCUT2D eigenvalue weighted by molar-refractivity contribution is 6.31. The molecule has 0 aliphatic rings. The van der Waals surface area contributed by atoms with Crippen LogP contribution in [-0.2, 0) is 11.3 Å². The molecule has 3 rings (SSSR count). The molecule has 3 aromatic rings. The molecule has 2 aromatic carbocycles. The lowest BCUT2D eigenvalue weighted by Crippen LogP contribution is -2.42. The highest BCUT2D eigenvalue weighted by Gasteiger charge is 2.28. The summed E-state index contributed by atoms with van der Waals surface area (Å²) in [4.78, 5) is 18.8. The minimum atomic E-state index is -0.987. The molecule has 150 valence electrons. The zero-order valence-corrected chi connectivity index (χ0v) is 16.4. The maximum Gasteiger partial charge on any atom is 0.269 e. The zero-order valence-electron chi connectivity index (χ0n) is 15.7. The van der Waals surface area contributed by atoms with Crippen molar-refractivity contribution in [2.24, 2.45) is 0 Å². The van der Waals surface area contributed by atoms with Gasteiger partial charge in [0.25, 0.3) is 5.91 Å². The Bertz CT molecular complexity index is 965. The Kier molecular flexibility index (Phi) is 6.77. The van der Waals surface area contributed by atoms with Gasteiger partial charge in [-0.1, -0.05) is 42.8 Å². The van der Waals surface area contributed by atoms with E-state index in [-0.39, 0.29) is 29.3 Å². The van der Waals surface area contributed by atoms with Gasteiger partial charge in [-0.3, -0.25) is 9.69 Å². The molecule has 7 heteroatoms. The number of para-hydroxylation sites is 1. The third-order valence-electron chi connectivity index (χ3n) is 4.32. The minimum Gasteiger partial charge on any atom is -0.478 e. The average Bonchev–Trinajstić information content (AvgIpc) is 2.73. The highest BCUT2D eigenvalue weighted by atomic mass is 35.5. The van der Waals surface area contributed by atoms with E-state index in [1.54, 1.807) is 37.3 Å². The Morgan fingerprint density at radius 2 is 1.79 bits per heavy atom. The van der Waals surface area contributed by atoms with Gasteiger partial charge in [-0.2, -0.15) is 0 Å². The summed E-state index contributed by atoms with van der Waals surface area (Å²) < 4.78 is 34.0. The number of carbonyl (C=O) groups excluding carboxylic acids is 1. The SMILES string of the molecule is CC[C@@H](Oc1ccccc1F)C(=O)N(Cc1c(F)cccc1Cl)c1ccccn1. The Morgan fingerprint density at radius 3 is 2.45 bits per heavy atom. The third kappa shape index (κ3) is 4.90. The molecule has 0 unspecified atom stereocenters. The van der Waals surface area contributed by atoms with Crippen LogP contribution >= 0.6 is 11.6 Å². The van der Waals surface area contributed by atoms with Crippen LogP contribution in [0.1, 0.15) is 18.9 Å². The normalized spacial score (nSPS) is 11.7. The summed E-state index contributed by atoms with van der Waals surface area (Å²) >= 11 is 6.15. The van der Waals surface area contributed by atoms with E-state index in [0.29, 0.717) is 5.82 Å². The van der Waals surface area contributed by atoms with Crippen LogP contribution in [0, 0.1) is 11.6 Å². The number of anilines is 1. The van der Waals surface area contributed by atoms with Gasteiger partial charge < -0.3 is 4.74 Å². The summed E-state index contributed by atoms with van der Waals surface area (Å²) in [5.74, 6) is -1.30. The van der Waals surface area contributed by atoms with Crippen molar-refractivity contribution in [3.63, 3.8) is 0 Å². The van der Waals surface area contributed by atoms with Gasteiger partial charge in [0.05, 0.1) is 6.54 Å². The number of aromatic nitrogens is 1. The number of nitrogens with zero attached hydrogens (tertiary/aromatic N) is 2. The summed E-state index contributed by atoms with van der Waals surface area (Å²) in [5.41, 5.74) is 0.161. The Morgan fingerprint density at radius 1 is 1.07 bits per heavy atom. The van der Waals surface area contributed by atoms with Crippen molar-refractivity contribution in [1.82, 2.24) is 4.98 Å². The molecule has 0 spiro atoms.